The molecule has 0 aliphatic carbocycles. The molecule has 2 N–H and O–H groups in total. The number of carbonyl (C=O) groups excluding carboxylic acids is 3. The summed E-state index contributed by atoms with van der Waals surface area (Å²) in [6, 6.07) is 6.75. The number of benzene rings is 2. The lowest BCUT2D eigenvalue weighted by Crippen LogP contribution is -2.47. The summed E-state index contributed by atoms with van der Waals surface area (Å²) in [6.45, 7) is 2.84. The predicted molar refractivity (Wildman–Crippen MR) is 105 cm³/mol. The standard InChI is InChI=1S/C21H18F3N3O5/c1-11(17(28)25-14-5-3-4-13(8-14)21(22,23)24)27-18(29)20(2,26-19(27)30)12-6-7-15-16(9-12)32-10-31-15/h3-9,11H,10H2,1-2H3,(H,25,28)(H,26,30)/t11-,20+/m0/s1. The normalized spacial score (nSPS) is 20.8. The van der Waals surface area contributed by atoms with Gasteiger partial charge in [-0.3, -0.25) is 9.59 Å². The van der Waals surface area contributed by atoms with Gasteiger partial charge in [-0.2, -0.15) is 13.2 Å². The monoisotopic (exact) mass is 449 g/mol. The fraction of sp³-hybridized carbons (Fsp3) is 0.286. The van der Waals surface area contributed by atoms with E-state index in [1.54, 1.807) is 18.2 Å². The highest BCUT2D eigenvalue weighted by molar-refractivity contribution is 6.11. The molecule has 0 spiro atoms. The second-order valence-corrected chi connectivity index (χ2v) is 7.54. The van der Waals surface area contributed by atoms with Gasteiger partial charge in [0, 0.05) is 5.69 Å². The van der Waals surface area contributed by atoms with E-state index >= 15 is 0 Å². The Morgan fingerprint density at radius 3 is 2.59 bits per heavy atom. The number of carbonyl (C=O) groups is 3. The van der Waals surface area contributed by atoms with E-state index in [-0.39, 0.29) is 12.5 Å². The highest BCUT2D eigenvalue weighted by Gasteiger charge is 2.52. The number of ether oxygens (including phenoxy) is 2. The van der Waals surface area contributed by atoms with Crippen LogP contribution in [0.25, 0.3) is 0 Å². The highest BCUT2D eigenvalue weighted by Crippen LogP contribution is 2.38. The van der Waals surface area contributed by atoms with Crippen molar-refractivity contribution < 1.29 is 37.0 Å². The van der Waals surface area contributed by atoms with Crippen LogP contribution in [-0.2, 0) is 21.3 Å². The van der Waals surface area contributed by atoms with Crippen molar-refractivity contribution in [2.24, 2.45) is 0 Å². The van der Waals surface area contributed by atoms with Crippen molar-refractivity contribution in [1.29, 1.82) is 0 Å². The van der Waals surface area contributed by atoms with Crippen LogP contribution < -0.4 is 20.1 Å². The van der Waals surface area contributed by atoms with Crippen LogP contribution in [0.3, 0.4) is 0 Å². The zero-order valence-corrected chi connectivity index (χ0v) is 16.9. The number of amides is 4. The number of hydrogen-bond donors (Lipinski definition) is 2. The Bertz CT molecular complexity index is 1120. The Kier molecular flexibility index (Phi) is 4.99. The Labute approximate surface area is 180 Å². The smallest absolute Gasteiger partial charge is 0.416 e. The number of urea groups is 1. The first-order valence-corrected chi connectivity index (χ1v) is 9.55. The zero-order valence-electron chi connectivity index (χ0n) is 16.9. The van der Waals surface area contributed by atoms with Gasteiger partial charge >= 0.3 is 12.2 Å². The molecule has 8 nitrogen and oxygen atoms in total. The van der Waals surface area contributed by atoms with Gasteiger partial charge in [0.05, 0.1) is 5.56 Å². The quantitative estimate of drug-likeness (QED) is 0.699. The first-order valence-electron chi connectivity index (χ1n) is 9.55. The molecule has 168 valence electrons. The van der Waals surface area contributed by atoms with Crippen LogP contribution in [0.1, 0.15) is 25.0 Å². The molecule has 0 saturated carbocycles. The maximum absolute atomic E-state index is 13.2. The van der Waals surface area contributed by atoms with Crippen molar-refractivity contribution >= 4 is 23.5 Å². The Balaban J connectivity index is 1.54. The van der Waals surface area contributed by atoms with E-state index in [0.29, 0.717) is 17.1 Å². The Morgan fingerprint density at radius 2 is 1.88 bits per heavy atom. The molecule has 1 fully saturated rings. The van der Waals surface area contributed by atoms with E-state index in [1.165, 1.54) is 19.9 Å². The van der Waals surface area contributed by atoms with Crippen molar-refractivity contribution in [3.8, 4) is 11.5 Å². The van der Waals surface area contributed by atoms with Crippen molar-refractivity contribution in [3.05, 3.63) is 53.6 Å². The summed E-state index contributed by atoms with van der Waals surface area (Å²) in [5.41, 5.74) is -2.09. The van der Waals surface area contributed by atoms with Gasteiger partial charge in [0.25, 0.3) is 5.91 Å². The molecule has 32 heavy (non-hydrogen) atoms. The van der Waals surface area contributed by atoms with Crippen molar-refractivity contribution in [2.75, 3.05) is 12.1 Å². The average molecular weight is 449 g/mol. The van der Waals surface area contributed by atoms with E-state index in [4.69, 9.17) is 9.47 Å². The molecule has 1 saturated heterocycles. The molecular weight excluding hydrogens is 431 g/mol. The van der Waals surface area contributed by atoms with Gasteiger partial charge in [-0.25, -0.2) is 9.69 Å². The van der Waals surface area contributed by atoms with Gasteiger partial charge in [0.15, 0.2) is 11.5 Å². The lowest BCUT2D eigenvalue weighted by atomic mass is 9.91. The number of nitrogens with zero attached hydrogens (tertiary/aromatic N) is 1. The van der Waals surface area contributed by atoms with Crippen LogP contribution in [0.15, 0.2) is 42.5 Å². The summed E-state index contributed by atoms with van der Waals surface area (Å²) >= 11 is 0. The van der Waals surface area contributed by atoms with E-state index in [2.05, 4.69) is 10.6 Å². The highest BCUT2D eigenvalue weighted by atomic mass is 19.4. The molecule has 2 aliphatic rings. The third kappa shape index (κ3) is 3.59. The van der Waals surface area contributed by atoms with Crippen LogP contribution in [0, 0.1) is 0 Å². The predicted octanol–water partition coefficient (Wildman–Crippen LogP) is 3.23. The minimum atomic E-state index is -4.58. The molecule has 2 heterocycles. The van der Waals surface area contributed by atoms with Gasteiger partial charge in [-0.15, -0.1) is 0 Å². The number of alkyl halides is 3. The molecule has 2 aromatic carbocycles. The van der Waals surface area contributed by atoms with Gasteiger partial charge in [0.2, 0.25) is 12.7 Å². The van der Waals surface area contributed by atoms with E-state index < -0.39 is 41.2 Å². The van der Waals surface area contributed by atoms with Crippen molar-refractivity contribution in [1.82, 2.24) is 10.2 Å². The van der Waals surface area contributed by atoms with Crippen LogP contribution in [0.5, 0.6) is 11.5 Å². The number of imide groups is 1. The molecule has 11 heteroatoms. The Hall–Kier alpha value is -3.76. The SMILES string of the molecule is C[C@@H](C(=O)Nc1cccc(C(F)(F)F)c1)N1C(=O)N[C@](C)(c2ccc3c(c2)OCO3)C1=O. The van der Waals surface area contributed by atoms with Gasteiger partial charge in [-0.1, -0.05) is 12.1 Å². The largest absolute Gasteiger partial charge is 0.454 e. The van der Waals surface area contributed by atoms with Crippen LogP contribution in [0.4, 0.5) is 23.7 Å². The van der Waals surface area contributed by atoms with E-state index in [1.807, 2.05) is 0 Å². The Morgan fingerprint density at radius 1 is 1.16 bits per heavy atom. The summed E-state index contributed by atoms with van der Waals surface area (Å²) in [6.07, 6.45) is -4.58. The minimum absolute atomic E-state index is 0.0364. The lowest BCUT2D eigenvalue weighted by Gasteiger charge is -2.24. The number of hydrogen-bond acceptors (Lipinski definition) is 5. The molecule has 2 atom stereocenters. The molecular formula is C21H18F3N3O5. The number of rotatable bonds is 4. The molecule has 0 aromatic heterocycles. The topological polar surface area (TPSA) is 97.0 Å². The van der Waals surface area contributed by atoms with Crippen LogP contribution in [0.2, 0.25) is 0 Å². The third-order valence-electron chi connectivity index (χ3n) is 5.40. The molecule has 4 amide bonds. The van der Waals surface area contributed by atoms with Gasteiger partial charge in [-0.05, 0) is 49.7 Å². The third-order valence-corrected chi connectivity index (χ3v) is 5.40. The van der Waals surface area contributed by atoms with E-state index in [0.717, 1.165) is 23.1 Å². The lowest BCUT2D eigenvalue weighted by molar-refractivity contribution is -0.137. The number of halogens is 3. The summed E-state index contributed by atoms with van der Waals surface area (Å²) in [5.74, 6) is -0.588. The summed E-state index contributed by atoms with van der Waals surface area (Å²) in [7, 11) is 0. The number of anilines is 1. The number of nitrogens with one attached hydrogen (secondary N) is 2. The van der Waals surface area contributed by atoms with Crippen LogP contribution >= 0.6 is 0 Å². The second-order valence-electron chi connectivity index (χ2n) is 7.54. The molecule has 0 unspecified atom stereocenters. The first kappa shape index (κ1) is 21.5. The zero-order chi connectivity index (χ0) is 23.3. The fourth-order valence-electron chi connectivity index (χ4n) is 3.55. The average Bonchev–Trinajstić information content (AvgIpc) is 3.29. The van der Waals surface area contributed by atoms with Gasteiger partial charge in [0.1, 0.15) is 11.6 Å². The van der Waals surface area contributed by atoms with Crippen LogP contribution in [-0.4, -0.2) is 35.6 Å². The number of fused-ring (bicyclic) bond motifs is 1. The fourth-order valence-corrected chi connectivity index (χ4v) is 3.55. The molecule has 4 rings (SSSR count). The maximum Gasteiger partial charge on any atom is 0.416 e. The van der Waals surface area contributed by atoms with Crippen molar-refractivity contribution in [2.45, 2.75) is 31.6 Å². The molecule has 0 radical (unpaired) electrons. The second kappa shape index (κ2) is 7.43. The summed E-state index contributed by atoms with van der Waals surface area (Å²) < 4.78 is 49.3. The minimum Gasteiger partial charge on any atom is -0.454 e. The molecule has 2 aliphatic heterocycles. The molecule has 2 aromatic rings. The van der Waals surface area contributed by atoms with E-state index in [9.17, 15) is 27.6 Å². The van der Waals surface area contributed by atoms with Crippen molar-refractivity contribution in [3.63, 3.8) is 0 Å². The molecule has 0 bridgehead atoms. The maximum atomic E-state index is 13.2. The summed E-state index contributed by atoms with van der Waals surface area (Å²) in [5, 5.41) is 4.90. The van der Waals surface area contributed by atoms with Gasteiger partial charge < -0.3 is 20.1 Å². The first-order chi connectivity index (χ1) is 15.0. The summed E-state index contributed by atoms with van der Waals surface area (Å²) in [4.78, 5) is 39.2.